The molecule has 0 fully saturated rings. The molecule has 17 heavy (non-hydrogen) atoms. The van der Waals surface area contributed by atoms with Crippen LogP contribution in [0.2, 0.25) is 0 Å². The third kappa shape index (κ3) is 3.26. The standard InChI is InChI=1S/C12H17NO4/c1-13(2)12(17)11(16)10(15)9(14)8-6-4-3-5-7-8/h3-7,9-11,14-16H,1-2H3/t9-,10+,11-/m1/s1. The lowest BCUT2D eigenvalue weighted by Crippen LogP contribution is -2.44. The summed E-state index contributed by atoms with van der Waals surface area (Å²) in [5.41, 5.74) is 0.450. The predicted octanol–water partition coefficient (Wildman–Crippen LogP) is -0.470. The van der Waals surface area contributed by atoms with Crippen molar-refractivity contribution in [1.29, 1.82) is 0 Å². The van der Waals surface area contributed by atoms with Gasteiger partial charge in [-0.3, -0.25) is 4.79 Å². The molecule has 5 nitrogen and oxygen atoms in total. The fourth-order valence-corrected chi connectivity index (χ4v) is 1.43. The van der Waals surface area contributed by atoms with Gasteiger partial charge in [0.15, 0.2) is 6.10 Å². The van der Waals surface area contributed by atoms with Crippen LogP contribution in [0.3, 0.4) is 0 Å². The third-order valence-electron chi connectivity index (χ3n) is 2.48. The molecule has 94 valence electrons. The number of benzene rings is 1. The van der Waals surface area contributed by atoms with Crippen molar-refractivity contribution in [2.45, 2.75) is 18.3 Å². The number of nitrogens with zero attached hydrogens (tertiary/aromatic N) is 1. The van der Waals surface area contributed by atoms with E-state index in [0.29, 0.717) is 5.56 Å². The molecule has 0 aliphatic heterocycles. The first-order valence-corrected chi connectivity index (χ1v) is 5.25. The highest BCUT2D eigenvalue weighted by molar-refractivity contribution is 5.80. The van der Waals surface area contributed by atoms with Crippen LogP contribution in [0, 0.1) is 0 Å². The smallest absolute Gasteiger partial charge is 0.253 e. The number of hydrogen-bond acceptors (Lipinski definition) is 4. The predicted molar refractivity (Wildman–Crippen MR) is 62.1 cm³/mol. The van der Waals surface area contributed by atoms with Gasteiger partial charge in [-0.15, -0.1) is 0 Å². The van der Waals surface area contributed by atoms with Crippen molar-refractivity contribution in [3.63, 3.8) is 0 Å². The summed E-state index contributed by atoms with van der Waals surface area (Å²) in [5.74, 6) is -0.646. The summed E-state index contributed by atoms with van der Waals surface area (Å²) in [4.78, 5) is 12.6. The fourth-order valence-electron chi connectivity index (χ4n) is 1.43. The van der Waals surface area contributed by atoms with Gasteiger partial charge in [-0.05, 0) is 5.56 Å². The van der Waals surface area contributed by atoms with Crippen molar-refractivity contribution in [2.24, 2.45) is 0 Å². The number of amides is 1. The van der Waals surface area contributed by atoms with E-state index in [1.54, 1.807) is 30.3 Å². The van der Waals surface area contributed by atoms with Crippen LogP contribution >= 0.6 is 0 Å². The summed E-state index contributed by atoms with van der Waals surface area (Å²) in [6, 6.07) is 8.39. The molecule has 3 atom stereocenters. The molecule has 0 unspecified atom stereocenters. The summed E-state index contributed by atoms with van der Waals surface area (Å²) < 4.78 is 0. The first-order valence-electron chi connectivity index (χ1n) is 5.25. The molecule has 5 heteroatoms. The van der Waals surface area contributed by atoms with E-state index in [-0.39, 0.29) is 0 Å². The molecule has 1 rings (SSSR count). The summed E-state index contributed by atoms with van der Waals surface area (Å²) >= 11 is 0. The zero-order valence-corrected chi connectivity index (χ0v) is 9.82. The molecule has 0 saturated carbocycles. The molecule has 0 bridgehead atoms. The van der Waals surface area contributed by atoms with Gasteiger partial charge in [0, 0.05) is 14.1 Å². The van der Waals surface area contributed by atoms with Crippen molar-refractivity contribution < 1.29 is 20.1 Å². The maximum Gasteiger partial charge on any atom is 0.253 e. The van der Waals surface area contributed by atoms with E-state index in [1.807, 2.05) is 0 Å². The van der Waals surface area contributed by atoms with Crippen LogP contribution < -0.4 is 0 Å². The van der Waals surface area contributed by atoms with E-state index in [4.69, 9.17) is 0 Å². The van der Waals surface area contributed by atoms with Crippen molar-refractivity contribution in [3.8, 4) is 0 Å². The average Bonchev–Trinajstić information content (AvgIpc) is 2.36. The Morgan fingerprint density at radius 1 is 1.12 bits per heavy atom. The van der Waals surface area contributed by atoms with Gasteiger partial charge in [-0.1, -0.05) is 30.3 Å². The molecule has 0 aromatic heterocycles. The highest BCUT2D eigenvalue weighted by Crippen LogP contribution is 2.19. The van der Waals surface area contributed by atoms with Gasteiger partial charge in [0.05, 0.1) is 0 Å². The van der Waals surface area contributed by atoms with Crippen LogP contribution in [0.5, 0.6) is 0 Å². The van der Waals surface area contributed by atoms with Crippen LogP contribution in [0.25, 0.3) is 0 Å². The Hall–Kier alpha value is -1.43. The van der Waals surface area contributed by atoms with Crippen LogP contribution in [0.1, 0.15) is 11.7 Å². The number of hydrogen-bond donors (Lipinski definition) is 3. The van der Waals surface area contributed by atoms with Gasteiger partial charge >= 0.3 is 0 Å². The molecule has 1 amide bonds. The van der Waals surface area contributed by atoms with Crippen molar-refractivity contribution in [1.82, 2.24) is 4.90 Å². The van der Waals surface area contributed by atoms with E-state index in [9.17, 15) is 20.1 Å². The molecule has 0 saturated heterocycles. The summed E-state index contributed by atoms with van der Waals surface area (Å²) in [6.45, 7) is 0. The molecule has 3 N–H and O–H groups in total. The number of aliphatic hydroxyl groups is 3. The number of likely N-dealkylation sites (N-methyl/N-ethyl adjacent to an activating group) is 1. The summed E-state index contributed by atoms with van der Waals surface area (Å²) in [7, 11) is 2.93. The first kappa shape index (κ1) is 13.6. The third-order valence-corrected chi connectivity index (χ3v) is 2.48. The van der Waals surface area contributed by atoms with Crippen molar-refractivity contribution in [3.05, 3.63) is 35.9 Å². The highest BCUT2D eigenvalue weighted by atomic mass is 16.4. The molecule has 0 radical (unpaired) electrons. The van der Waals surface area contributed by atoms with Gasteiger partial charge in [-0.2, -0.15) is 0 Å². The Kier molecular flexibility index (Phi) is 4.62. The van der Waals surface area contributed by atoms with E-state index < -0.39 is 24.2 Å². The van der Waals surface area contributed by atoms with Gasteiger partial charge < -0.3 is 20.2 Å². The second-order valence-electron chi connectivity index (χ2n) is 4.02. The Morgan fingerprint density at radius 3 is 2.12 bits per heavy atom. The quantitative estimate of drug-likeness (QED) is 0.663. The first-order chi connectivity index (χ1) is 7.95. The summed E-state index contributed by atoms with van der Waals surface area (Å²) in [6.07, 6.45) is -4.48. The normalized spacial score (nSPS) is 16.1. The minimum Gasteiger partial charge on any atom is -0.387 e. The number of carbonyl (C=O) groups is 1. The van der Waals surface area contributed by atoms with Crippen LogP contribution in [0.4, 0.5) is 0 Å². The lowest BCUT2D eigenvalue weighted by atomic mass is 10.00. The molecule has 0 aliphatic carbocycles. The van der Waals surface area contributed by atoms with E-state index >= 15 is 0 Å². The SMILES string of the molecule is CN(C)C(=O)[C@H](O)[C@@H](O)[C@H](O)c1ccccc1. The number of carbonyl (C=O) groups excluding carboxylic acids is 1. The topological polar surface area (TPSA) is 81.0 Å². The van der Waals surface area contributed by atoms with Crippen molar-refractivity contribution in [2.75, 3.05) is 14.1 Å². The molecule has 1 aromatic carbocycles. The minimum absolute atomic E-state index is 0.450. The van der Waals surface area contributed by atoms with Gasteiger partial charge in [0.1, 0.15) is 12.2 Å². The van der Waals surface area contributed by atoms with E-state index in [0.717, 1.165) is 4.90 Å². The number of rotatable bonds is 4. The zero-order valence-electron chi connectivity index (χ0n) is 9.82. The Bertz CT molecular complexity index is 366. The number of aliphatic hydroxyl groups excluding tert-OH is 3. The van der Waals surface area contributed by atoms with Gasteiger partial charge in [-0.25, -0.2) is 0 Å². The lowest BCUT2D eigenvalue weighted by Gasteiger charge is -2.24. The second kappa shape index (κ2) is 5.77. The molecule has 0 spiro atoms. The van der Waals surface area contributed by atoms with E-state index in [2.05, 4.69) is 0 Å². The molecule has 1 aromatic rings. The molecular weight excluding hydrogens is 222 g/mol. The van der Waals surface area contributed by atoms with Gasteiger partial charge in [0.25, 0.3) is 5.91 Å². The molecular formula is C12H17NO4. The van der Waals surface area contributed by atoms with Gasteiger partial charge in [0.2, 0.25) is 0 Å². The van der Waals surface area contributed by atoms with Crippen molar-refractivity contribution >= 4 is 5.91 Å². The molecule has 0 aliphatic rings. The maximum atomic E-state index is 11.4. The van der Waals surface area contributed by atoms with Crippen LogP contribution in [0.15, 0.2) is 30.3 Å². The van der Waals surface area contributed by atoms with E-state index in [1.165, 1.54) is 14.1 Å². The van der Waals surface area contributed by atoms with Crippen LogP contribution in [-0.4, -0.2) is 52.4 Å². The largest absolute Gasteiger partial charge is 0.387 e. The Morgan fingerprint density at radius 2 is 1.65 bits per heavy atom. The van der Waals surface area contributed by atoms with Crippen LogP contribution in [-0.2, 0) is 4.79 Å². The monoisotopic (exact) mass is 239 g/mol. The Balaban J connectivity index is 2.76. The minimum atomic E-state index is -1.64. The molecule has 0 heterocycles. The zero-order chi connectivity index (χ0) is 13.0. The summed E-state index contributed by atoms with van der Waals surface area (Å²) in [5, 5.41) is 29.1. The maximum absolute atomic E-state index is 11.4. The second-order valence-corrected chi connectivity index (χ2v) is 4.02. The lowest BCUT2D eigenvalue weighted by molar-refractivity contribution is -0.149. The highest BCUT2D eigenvalue weighted by Gasteiger charge is 2.31. The average molecular weight is 239 g/mol. The Labute approximate surface area is 99.9 Å². The fraction of sp³-hybridized carbons (Fsp3) is 0.417.